The number of aromatic nitrogens is 2. The number of carbonyl (C=O) groups is 1. The Hall–Kier alpha value is -2.00. The molecule has 0 amide bonds. The van der Waals surface area contributed by atoms with Gasteiger partial charge >= 0.3 is 5.97 Å². The molecule has 0 unspecified atom stereocenters. The van der Waals surface area contributed by atoms with Crippen LogP contribution in [0.3, 0.4) is 0 Å². The molecule has 0 aromatic carbocycles. The van der Waals surface area contributed by atoms with Gasteiger partial charge in [0.25, 0.3) is 10.0 Å². The average molecular weight is 299 g/mol. The van der Waals surface area contributed by atoms with Gasteiger partial charge in [0.1, 0.15) is 16.1 Å². The van der Waals surface area contributed by atoms with Gasteiger partial charge in [0.05, 0.1) is 18.1 Å². The maximum absolute atomic E-state index is 12.1. The molecule has 100 valence electrons. The van der Waals surface area contributed by atoms with Crippen molar-refractivity contribution < 1.29 is 18.3 Å². The zero-order valence-corrected chi connectivity index (χ0v) is 11.3. The van der Waals surface area contributed by atoms with E-state index < -0.39 is 16.0 Å². The molecule has 19 heavy (non-hydrogen) atoms. The van der Waals surface area contributed by atoms with Crippen molar-refractivity contribution >= 4 is 33.0 Å². The third-order valence-corrected chi connectivity index (χ3v) is 4.86. The Kier molecular flexibility index (Phi) is 3.49. The Morgan fingerprint density at radius 2 is 2.00 bits per heavy atom. The molecule has 2 aromatic rings. The fourth-order valence-corrected chi connectivity index (χ4v) is 3.86. The van der Waals surface area contributed by atoms with Crippen molar-refractivity contribution in [3.63, 3.8) is 0 Å². The van der Waals surface area contributed by atoms with Crippen molar-refractivity contribution in [2.45, 2.75) is 11.8 Å². The van der Waals surface area contributed by atoms with E-state index in [-0.39, 0.29) is 15.5 Å². The minimum atomic E-state index is -3.84. The van der Waals surface area contributed by atoms with Crippen LogP contribution in [0.15, 0.2) is 29.7 Å². The largest absolute Gasteiger partial charge is 0.477 e. The summed E-state index contributed by atoms with van der Waals surface area (Å²) < 4.78 is 26.5. The van der Waals surface area contributed by atoms with Crippen LogP contribution in [0.5, 0.6) is 0 Å². The Morgan fingerprint density at radius 3 is 2.53 bits per heavy atom. The molecular formula is C10H9N3O4S2. The lowest BCUT2D eigenvalue weighted by molar-refractivity contribution is 0.0702. The molecule has 0 bridgehead atoms. The minimum Gasteiger partial charge on any atom is -0.477 e. The lowest BCUT2D eigenvalue weighted by Gasteiger charge is -2.05. The number of rotatable bonds is 4. The lowest BCUT2D eigenvalue weighted by Crippen LogP contribution is -2.13. The van der Waals surface area contributed by atoms with Crippen molar-refractivity contribution in [3.8, 4) is 0 Å². The number of anilines is 1. The van der Waals surface area contributed by atoms with Gasteiger partial charge in [-0.2, -0.15) is 0 Å². The quantitative estimate of drug-likeness (QED) is 0.881. The second-order valence-electron chi connectivity index (χ2n) is 3.57. The average Bonchev–Trinajstić information content (AvgIpc) is 2.73. The first-order valence-corrected chi connectivity index (χ1v) is 7.31. The number of hydrogen-bond acceptors (Lipinski definition) is 6. The highest BCUT2D eigenvalue weighted by molar-refractivity contribution is 7.93. The van der Waals surface area contributed by atoms with Gasteiger partial charge in [-0.1, -0.05) is 0 Å². The summed E-state index contributed by atoms with van der Waals surface area (Å²) in [6.45, 7) is 1.55. The van der Waals surface area contributed by atoms with Gasteiger partial charge in [-0.3, -0.25) is 4.72 Å². The number of sulfonamides is 1. The Balaban J connectivity index is 2.37. The van der Waals surface area contributed by atoms with E-state index in [9.17, 15) is 13.2 Å². The van der Waals surface area contributed by atoms with Crippen LogP contribution in [0.4, 0.5) is 5.69 Å². The Bertz CT molecular complexity index is 710. The van der Waals surface area contributed by atoms with Crippen LogP contribution in [0.2, 0.25) is 0 Å². The molecule has 0 radical (unpaired) electrons. The number of carboxylic acids is 1. The standard InChI is InChI=1S/C10H9N3O4S2/c1-6-9(2-8(18-6)10(14)15)19(16,17)13-7-3-11-5-12-4-7/h2-5,13H,1H3,(H,14,15). The third-order valence-electron chi connectivity index (χ3n) is 2.19. The van der Waals surface area contributed by atoms with Gasteiger partial charge in [-0.05, 0) is 13.0 Å². The van der Waals surface area contributed by atoms with Crippen LogP contribution >= 0.6 is 11.3 Å². The van der Waals surface area contributed by atoms with Gasteiger partial charge in [0.2, 0.25) is 0 Å². The fourth-order valence-electron chi connectivity index (χ4n) is 1.40. The molecule has 7 nitrogen and oxygen atoms in total. The van der Waals surface area contributed by atoms with E-state index in [1.807, 2.05) is 0 Å². The Morgan fingerprint density at radius 1 is 1.37 bits per heavy atom. The molecule has 2 N–H and O–H groups in total. The molecule has 0 aliphatic carbocycles. The summed E-state index contributed by atoms with van der Waals surface area (Å²) in [5.74, 6) is -1.16. The van der Waals surface area contributed by atoms with Crippen molar-refractivity contribution in [1.29, 1.82) is 0 Å². The SMILES string of the molecule is Cc1sc(C(=O)O)cc1S(=O)(=O)Nc1cncnc1. The zero-order chi connectivity index (χ0) is 14.0. The molecule has 9 heteroatoms. The van der Waals surface area contributed by atoms with Gasteiger partial charge in [0, 0.05) is 4.88 Å². The first kappa shape index (κ1) is 13.4. The van der Waals surface area contributed by atoms with E-state index >= 15 is 0 Å². The maximum Gasteiger partial charge on any atom is 0.345 e. The van der Waals surface area contributed by atoms with E-state index in [4.69, 9.17) is 5.11 Å². The molecule has 2 heterocycles. The van der Waals surface area contributed by atoms with Crippen LogP contribution in [-0.4, -0.2) is 29.5 Å². The second-order valence-corrected chi connectivity index (χ2v) is 6.48. The summed E-state index contributed by atoms with van der Waals surface area (Å²) >= 11 is 0.910. The van der Waals surface area contributed by atoms with Crippen molar-refractivity contribution in [3.05, 3.63) is 34.5 Å². The highest BCUT2D eigenvalue weighted by Gasteiger charge is 2.22. The minimum absolute atomic E-state index is 0.0258. The van der Waals surface area contributed by atoms with E-state index in [0.717, 1.165) is 17.4 Å². The van der Waals surface area contributed by atoms with E-state index in [0.29, 0.717) is 4.88 Å². The van der Waals surface area contributed by atoms with Crippen LogP contribution < -0.4 is 4.72 Å². The molecule has 0 fully saturated rings. The predicted molar refractivity (Wildman–Crippen MR) is 68.9 cm³/mol. The molecule has 0 aliphatic rings. The van der Waals surface area contributed by atoms with Crippen molar-refractivity contribution in [1.82, 2.24) is 9.97 Å². The van der Waals surface area contributed by atoms with Crippen LogP contribution in [0, 0.1) is 6.92 Å². The summed E-state index contributed by atoms with van der Waals surface area (Å²) in [4.78, 5) is 18.5. The first-order valence-electron chi connectivity index (χ1n) is 5.02. The highest BCUT2D eigenvalue weighted by Crippen LogP contribution is 2.27. The molecule has 2 rings (SSSR count). The monoisotopic (exact) mass is 299 g/mol. The van der Waals surface area contributed by atoms with E-state index in [1.54, 1.807) is 6.92 Å². The summed E-state index contributed by atoms with van der Waals surface area (Å²) in [5, 5.41) is 8.85. The predicted octanol–water partition coefficient (Wildman–Crippen LogP) is 1.35. The summed E-state index contributed by atoms with van der Waals surface area (Å²) in [5.41, 5.74) is 0.213. The highest BCUT2D eigenvalue weighted by atomic mass is 32.2. The molecule has 0 aliphatic heterocycles. The Labute approximate surface area is 113 Å². The van der Waals surface area contributed by atoms with Crippen LogP contribution in [-0.2, 0) is 10.0 Å². The molecule has 2 aromatic heterocycles. The summed E-state index contributed by atoms with van der Waals surface area (Å²) in [6, 6.07) is 1.13. The zero-order valence-electron chi connectivity index (χ0n) is 9.69. The van der Waals surface area contributed by atoms with E-state index in [2.05, 4.69) is 14.7 Å². The van der Waals surface area contributed by atoms with Gasteiger partial charge in [-0.15, -0.1) is 11.3 Å². The lowest BCUT2D eigenvalue weighted by atomic mass is 10.4. The molecule has 0 saturated heterocycles. The third kappa shape index (κ3) is 2.88. The number of thiophene rings is 1. The molecular weight excluding hydrogens is 290 g/mol. The normalized spacial score (nSPS) is 11.2. The molecule has 0 atom stereocenters. The number of nitrogens with one attached hydrogen (secondary N) is 1. The number of hydrogen-bond donors (Lipinski definition) is 2. The topological polar surface area (TPSA) is 109 Å². The molecule has 0 spiro atoms. The molecule has 0 saturated carbocycles. The maximum atomic E-state index is 12.1. The summed E-state index contributed by atoms with van der Waals surface area (Å²) in [6.07, 6.45) is 3.89. The summed E-state index contributed by atoms with van der Waals surface area (Å²) in [7, 11) is -3.84. The number of aryl methyl sites for hydroxylation is 1. The second kappa shape index (κ2) is 4.94. The van der Waals surface area contributed by atoms with Crippen LogP contribution in [0.25, 0.3) is 0 Å². The number of carboxylic acid groups (broad SMARTS) is 1. The fraction of sp³-hybridized carbons (Fsp3) is 0.100. The smallest absolute Gasteiger partial charge is 0.345 e. The van der Waals surface area contributed by atoms with Crippen molar-refractivity contribution in [2.24, 2.45) is 0 Å². The van der Waals surface area contributed by atoms with E-state index in [1.165, 1.54) is 18.7 Å². The van der Waals surface area contributed by atoms with Gasteiger partial charge in [0.15, 0.2) is 0 Å². The van der Waals surface area contributed by atoms with Gasteiger partial charge < -0.3 is 5.11 Å². The van der Waals surface area contributed by atoms with Crippen LogP contribution in [0.1, 0.15) is 14.5 Å². The van der Waals surface area contributed by atoms with Crippen molar-refractivity contribution in [2.75, 3.05) is 4.72 Å². The number of nitrogens with zero attached hydrogens (tertiary/aromatic N) is 2. The number of aromatic carboxylic acids is 1. The van der Waals surface area contributed by atoms with Gasteiger partial charge in [-0.25, -0.2) is 23.2 Å². The first-order chi connectivity index (χ1) is 8.90.